The van der Waals surface area contributed by atoms with Crippen LogP contribution in [0.25, 0.3) is 0 Å². The highest BCUT2D eigenvalue weighted by Crippen LogP contribution is 2.31. The molecule has 1 aromatic carbocycles. The van der Waals surface area contributed by atoms with Gasteiger partial charge in [0.1, 0.15) is 5.82 Å². The number of rotatable bonds is 5. The first kappa shape index (κ1) is 16.0. The molecule has 0 saturated carbocycles. The standard InChI is InChI=1S/C16H26FNO/c1-10(2)9-18(11(3)4)16-7-12(5)15(17)8-14(16)13(6)19/h7-8,10-11,13,19H,9H2,1-6H3. The van der Waals surface area contributed by atoms with Crippen molar-refractivity contribution in [3.05, 3.63) is 29.1 Å². The fraction of sp³-hybridized carbons (Fsp3) is 0.625. The van der Waals surface area contributed by atoms with E-state index < -0.39 is 6.10 Å². The van der Waals surface area contributed by atoms with Crippen molar-refractivity contribution < 1.29 is 9.50 Å². The summed E-state index contributed by atoms with van der Waals surface area (Å²) in [5.41, 5.74) is 2.23. The number of anilines is 1. The lowest BCUT2D eigenvalue weighted by Crippen LogP contribution is -2.35. The maximum atomic E-state index is 13.7. The minimum Gasteiger partial charge on any atom is -0.389 e. The van der Waals surface area contributed by atoms with Gasteiger partial charge in [-0.25, -0.2) is 4.39 Å². The molecule has 0 bridgehead atoms. The summed E-state index contributed by atoms with van der Waals surface area (Å²) < 4.78 is 13.7. The Bertz CT molecular complexity index is 427. The average molecular weight is 267 g/mol. The number of hydrogen-bond acceptors (Lipinski definition) is 2. The minimum atomic E-state index is -0.668. The second-order valence-electron chi connectivity index (χ2n) is 5.98. The number of benzene rings is 1. The summed E-state index contributed by atoms with van der Waals surface area (Å²) in [5.74, 6) is 0.252. The molecule has 1 N–H and O–H groups in total. The van der Waals surface area contributed by atoms with E-state index in [0.29, 0.717) is 23.1 Å². The summed E-state index contributed by atoms with van der Waals surface area (Å²) in [6.45, 7) is 12.9. The van der Waals surface area contributed by atoms with E-state index in [4.69, 9.17) is 0 Å². The minimum absolute atomic E-state index is 0.257. The van der Waals surface area contributed by atoms with Gasteiger partial charge in [-0.1, -0.05) is 13.8 Å². The van der Waals surface area contributed by atoms with Gasteiger partial charge < -0.3 is 10.0 Å². The van der Waals surface area contributed by atoms with E-state index >= 15 is 0 Å². The van der Waals surface area contributed by atoms with Crippen molar-refractivity contribution in [2.45, 2.75) is 53.7 Å². The summed E-state index contributed by atoms with van der Waals surface area (Å²) in [6.07, 6.45) is -0.668. The summed E-state index contributed by atoms with van der Waals surface area (Å²) in [6, 6.07) is 3.62. The number of aryl methyl sites for hydroxylation is 1. The molecule has 0 radical (unpaired) electrons. The van der Waals surface area contributed by atoms with Crippen molar-refractivity contribution >= 4 is 5.69 Å². The van der Waals surface area contributed by atoms with Gasteiger partial charge in [0.2, 0.25) is 0 Å². The lowest BCUT2D eigenvalue weighted by Gasteiger charge is -2.33. The van der Waals surface area contributed by atoms with Crippen LogP contribution < -0.4 is 4.90 Å². The Morgan fingerprint density at radius 1 is 1.16 bits per heavy atom. The topological polar surface area (TPSA) is 23.5 Å². The zero-order valence-corrected chi connectivity index (χ0v) is 12.9. The molecular formula is C16H26FNO. The van der Waals surface area contributed by atoms with Crippen LogP contribution in [0.15, 0.2) is 12.1 Å². The molecule has 2 nitrogen and oxygen atoms in total. The van der Waals surface area contributed by atoms with Gasteiger partial charge in [0, 0.05) is 23.8 Å². The second kappa shape index (κ2) is 6.38. The van der Waals surface area contributed by atoms with Gasteiger partial charge in [-0.15, -0.1) is 0 Å². The predicted molar refractivity (Wildman–Crippen MR) is 79.1 cm³/mol. The number of halogens is 1. The molecule has 0 amide bonds. The third-order valence-corrected chi connectivity index (χ3v) is 3.25. The number of aliphatic hydroxyl groups excluding tert-OH is 1. The van der Waals surface area contributed by atoms with E-state index in [1.54, 1.807) is 13.8 Å². The Kier molecular flexibility index (Phi) is 5.36. The zero-order chi connectivity index (χ0) is 14.7. The highest BCUT2D eigenvalue weighted by molar-refractivity contribution is 5.57. The molecule has 0 aliphatic carbocycles. The van der Waals surface area contributed by atoms with E-state index in [0.717, 1.165) is 12.2 Å². The molecule has 0 aromatic heterocycles. The lowest BCUT2D eigenvalue weighted by molar-refractivity contribution is 0.199. The fourth-order valence-electron chi connectivity index (χ4n) is 2.25. The molecule has 0 saturated heterocycles. The highest BCUT2D eigenvalue weighted by Gasteiger charge is 2.19. The van der Waals surface area contributed by atoms with E-state index in [1.807, 2.05) is 6.07 Å². The van der Waals surface area contributed by atoms with Crippen LogP contribution in [0.1, 0.15) is 51.8 Å². The summed E-state index contributed by atoms with van der Waals surface area (Å²) in [7, 11) is 0. The van der Waals surface area contributed by atoms with Gasteiger partial charge in [-0.2, -0.15) is 0 Å². The van der Waals surface area contributed by atoms with Crippen molar-refractivity contribution in [1.82, 2.24) is 0 Å². The third-order valence-electron chi connectivity index (χ3n) is 3.25. The van der Waals surface area contributed by atoms with Gasteiger partial charge in [-0.05, 0) is 51.3 Å². The van der Waals surface area contributed by atoms with Crippen molar-refractivity contribution in [2.75, 3.05) is 11.4 Å². The first-order chi connectivity index (χ1) is 8.73. The predicted octanol–water partition coefficient (Wildman–Crippen LogP) is 4.06. The van der Waals surface area contributed by atoms with Crippen LogP contribution in [0, 0.1) is 18.7 Å². The van der Waals surface area contributed by atoms with Crippen LogP contribution in [-0.2, 0) is 0 Å². The monoisotopic (exact) mass is 267 g/mol. The maximum absolute atomic E-state index is 13.7. The van der Waals surface area contributed by atoms with Gasteiger partial charge in [-0.3, -0.25) is 0 Å². The Morgan fingerprint density at radius 3 is 2.16 bits per heavy atom. The molecule has 3 heteroatoms. The molecule has 1 unspecified atom stereocenters. The first-order valence-corrected chi connectivity index (χ1v) is 6.98. The Labute approximate surface area is 116 Å². The molecule has 0 spiro atoms. The van der Waals surface area contributed by atoms with Crippen LogP contribution in [0.4, 0.5) is 10.1 Å². The Balaban J connectivity index is 3.31. The van der Waals surface area contributed by atoms with Crippen LogP contribution in [-0.4, -0.2) is 17.7 Å². The van der Waals surface area contributed by atoms with Crippen molar-refractivity contribution in [1.29, 1.82) is 0 Å². The molecular weight excluding hydrogens is 241 g/mol. The largest absolute Gasteiger partial charge is 0.389 e. The summed E-state index contributed by atoms with van der Waals surface area (Å²) in [5, 5.41) is 9.89. The van der Waals surface area contributed by atoms with Crippen molar-refractivity contribution in [3.63, 3.8) is 0 Å². The van der Waals surface area contributed by atoms with Gasteiger partial charge >= 0.3 is 0 Å². The lowest BCUT2D eigenvalue weighted by atomic mass is 10.0. The van der Waals surface area contributed by atoms with Crippen LogP contribution in [0.2, 0.25) is 0 Å². The Hall–Kier alpha value is -1.09. The summed E-state index contributed by atoms with van der Waals surface area (Å²) >= 11 is 0. The molecule has 0 heterocycles. The normalized spacial score (nSPS) is 13.2. The first-order valence-electron chi connectivity index (χ1n) is 6.98. The van der Waals surface area contributed by atoms with Gasteiger partial charge in [0.25, 0.3) is 0 Å². The molecule has 1 rings (SSSR count). The van der Waals surface area contributed by atoms with Crippen LogP contribution in [0.3, 0.4) is 0 Å². The van der Waals surface area contributed by atoms with E-state index in [1.165, 1.54) is 6.07 Å². The van der Waals surface area contributed by atoms with Crippen LogP contribution >= 0.6 is 0 Å². The molecule has 19 heavy (non-hydrogen) atoms. The fourth-order valence-corrected chi connectivity index (χ4v) is 2.25. The molecule has 1 aromatic rings. The molecule has 108 valence electrons. The second-order valence-corrected chi connectivity index (χ2v) is 5.98. The zero-order valence-electron chi connectivity index (χ0n) is 12.9. The summed E-state index contributed by atoms with van der Waals surface area (Å²) in [4.78, 5) is 2.24. The van der Waals surface area contributed by atoms with Crippen molar-refractivity contribution in [3.8, 4) is 0 Å². The highest BCUT2D eigenvalue weighted by atomic mass is 19.1. The molecule has 0 fully saturated rings. The quantitative estimate of drug-likeness (QED) is 0.869. The smallest absolute Gasteiger partial charge is 0.126 e. The Morgan fingerprint density at radius 2 is 1.74 bits per heavy atom. The number of aliphatic hydroxyl groups is 1. The van der Waals surface area contributed by atoms with Crippen LogP contribution in [0.5, 0.6) is 0 Å². The van der Waals surface area contributed by atoms with Gasteiger partial charge in [0.05, 0.1) is 6.10 Å². The van der Waals surface area contributed by atoms with E-state index in [9.17, 15) is 9.50 Å². The van der Waals surface area contributed by atoms with E-state index in [2.05, 4.69) is 32.6 Å². The number of hydrogen-bond donors (Lipinski definition) is 1. The SMILES string of the molecule is Cc1cc(N(CC(C)C)C(C)C)c(C(C)O)cc1F. The third kappa shape index (κ3) is 3.93. The molecule has 0 aliphatic heterocycles. The van der Waals surface area contributed by atoms with Gasteiger partial charge in [0.15, 0.2) is 0 Å². The van der Waals surface area contributed by atoms with E-state index in [-0.39, 0.29) is 5.82 Å². The average Bonchev–Trinajstić information content (AvgIpc) is 2.28. The maximum Gasteiger partial charge on any atom is 0.126 e. The molecule has 1 atom stereocenters. The molecule has 0 aliphatic rings. The number of nitrogens with zero attached hydrogens (tertiary/aromatic N) is 1. The van der Waals surface area contributed by atoms with Crippen molar-refractivity contribution in [2.24, 2.45) is 5.92 Å².